The van der Waals surface area contributed by atoms with Crippen LogP contribution in [0.2, 0.25) is 0 Å². The lowest BCUT2D eigenvalue weighted by atomic mass is 9.89. The van der Waals surface area contributed by atoms with Crippen molar-refractivity contribution in [3.05, 3.63) is 29.8 Å². The standard InChI is InChI=1S/C21H31NO5S/c1-15-5-9-19(10-6-15)28(24,25)26-12-11-16-13-17-7-8-18(14-16)22(17)20(23)27-21(2,3)4/h5-6,9-10,16-18H,7-8,11-14H2,1-4H3. The van der Waals surface area contributed by atoms with Crippen LogP contribution in [-0.4, -0.2) is 43.7 Å². The second-order valence-electron chi connectivity index (χ2n) is 8.99. The highest BCUT2D eigenvalue weighted by Crippen LogP contribution is 2.40. The zero-order chi connectivity index (χ0) is 20.5. The van der Waals surface area contributed by atoms with E-state index in [1.807, 2.05) is 32.6 Å². The maximum atomic E-state index is 12.5. The molecule has 1 aromatic carbocycles. The summed E-state index contributed by atoms with van der Waals surface area (Å²) in [6, 6.07) is 7.05. The predicted molar refractivity (Wildman–Crippen MR) is 107 cm³/mol. The van der Waals surface area contributed by atoms with Crippen molar-refractivity contribution in [2.24, 2.45) is 5.92 Å². The van der Waals surface area contributed by atoms with Gasteiger partial charge in [-0.15, -0.1) is 0 Å². The molecule has 2 saturated heterocycles. The minimum atomic E-state index is -3.72. The number of aryl methyl sites for hydroxylation is 1. The van der Waals surface area contributed by atoms with Crippen molar-refractivity contribution in [2.75, 3.05) is 6.61 Å². The molecule has 2 bridgehead atoms. The summed E-state index contributed by atoms with van der Waals surface area (Å²) in [5, 5.41) is 0. The average molecular weight is 410 g/mol. The maximum Gasteiger partial charge on any atom is 0.410 e. The lowest BCUT2D eigenvalue weighted by Gasteiger charge is -2.39. The largest absolute Gasteiger partial charge is 0.444 e. The van der Waals surface area contributed by atoms with Crippen molar-refractivity contribution in [2.45, 2.75) is 82.4 Å². The minimum absolute atomic E-state index is 0.173. The van der Waals surface area contributed by atoms with E-state index in [1.54, 1.807) is 24.3 Å². The number of benzene rings is 1. The molecule has 3 rings (SSSR count). The van der Waals surface area contributed by atoms with Crippen LogP contribution < -0.4 is 0 Å². The van der Waals surface area contributed by atoms with E-state index in [1.165, 1.54) is 0 Å². The monoisotopic (exact) mass is 409 g/mol. The molecule has 2 atom stereocenters. The van der Waals surface area contributed by atoms with Crippen LogP contribution in [0.1, 0.15) is 58.4 Å². The highest BCUT2D eigenvalue weighted by atomic mass is 32.2. The van der Waals surface area contributed by atoms with Crippen LogP contribution >= 0.6 is 0 Å². The number of ether oxygens (including phenoxy) is 1. The van der Waals surface area contributed by atoms with Crippen molar-refractivity contribution >= 4 is 16.2 Å². The average Bonchev–Trinajstić information content (AvgIpc) is 2.85. The quantitative estimate of drug-likeness (QED) is 0.679. The Morgan fingerprint density at radius 1 is 1.11 bits per heavy atom. The fourth-order valence-corrected chi connectivity index (χ4v) is 5.16. The Morgan fingerprint density at radius 2 is 1.68 bits per heavy atom. The summed E-state index contributed by atoms with van der Waals surface area (Å²) >= 11 is 0. The molecule has 0 saturated carbocycles. The van der Waals surface area contributed by atoms with Gasteiger partial charge in [-0.05, 0) is 77.8 Å². The molecule has 1 aromatic rings. The summed E-state index contributed by atoms with van der Waals surface area (Å²) in [6.07, 6.45) is 4.19. The second kappa shape index (κ2) is 8.03. The molecule has 7 heteroatoms. The van der Waals surface area contributed by atoms with Gasteiger partial charge in [-0.3, -0.25) is 4.18 Å². The van der Waals surface area contributed by atoms with Crippen LogP contribution in [0.15, 0.2) is 29.2 Å². The zero-order valence-corrected chi connectivity index (χ0v) is 18.0. The van der Waals surface area contributed by atoms with Crippen molar-refractivity contribution < 1.29 is 22.1 Å². The van der Waals surface area contributed by atoms with Crippen LogP contribution in [0.4, 0.5) is 4.79 Å². The van der Waals surface area contributed by atoms with E-state index in [4.69, 9.17) is 8.92 Å². The maximum absolute atomic E-state index is 12.5. The van der Waals surface area contributed by atoms with Crippen molar-refractivity contribution in [3.8, 4) is 0 Å². The number of amides is 1. The van der Waals surface area contributed by atoms with Gasteiger partial charge >= 0.3 is 6.09 Å². The first-order valence-electron chi connectivity index (χ1n) is 10.0. The molecular formula is C21H31NO5S. The summed E-state index contributed by atoms with van der Waals surface area (Å²) in [5.74, 6) is 0.365. The predicted octanol–water partition coefficient (Wildman–Crippen LogP) is 4.27. The van der Waals surface area contributed by atoms with Gasteiger partial charge < -0.3 is 9.64 Å². The molecule has 1 amide bonds. The van der Waals surface area contributed by atoms with E-state index in [0.29, 0.717) is 12.3 Å². The number of fused-ring (bicyclic) bond motifs is 2. The SMILES string of the molecule is Cc1ccc(S(=O)(=O)OCCC2CC3CCC(C2)N3C(=O)OC(C)(C)C)cc1. The molecule has 0 N–H and O–H groups in total. The fraction of sp³-hybridized carbons (Fsp3) is 0.667. The first-order valence-corrected chi connectivity index (χ1v) is 11.4. The summed E-state index contributed by atoms with van der Waals surface area (Å²) in [6.45, 7) is 7.73. The number of nitrogens with zero attached hydrogens (tertiary/aromatic N) is 1. The van der Waals surface area contributed by atoms with Crippen molar-refractivity contribution in [3.63, 3.8) is 0 Å². The smallest absolute Gasteiger partial charge is 0.410 e. The lowest BCUT2D eigenvalue weighted by Crippen LogP contribution is -2.48. The van der Waals surface area contributed by atoms with Crippen molar-refractivity contribution in [1.82, 2.24) is 4.90 Å². The van der Waals surface area contributed by atoms with E-state index in [2.05, 4.69) is 0 Å². The Labute approximate surface area is 168 Å². The van der Waals surface area contributed by atoms with E-state index >= 15 is 0 Å². The summed E-state index contributed by atoms with van der Waals surface area (Å²) in [7, 11) is -3.72. The van der Waals surface area contributed by atoms with Crippen molar-refractivity contribution in [1.29, 1.82) is 0 Å². The molecule has 28 heavy (non-hydrogen) atoms. The number of hydrogen-bond acceptors (Lipinski definition) is 5. The van der Waals surface area contributed by atoms with E-state index < -0.39 is 15.7 Å². The van der Waals surface area contributed by atoms with Gasteiger partial charge in [0.1, 0.15) is 5.60 Å². The third-order valence-corrected chi connectivity index (χ3v) is 6.84. The van der Waals surface area contributed by atoms with E-state index in [-0.39, 0.29) is 29.7 Å². The topological polar surface area (TPSA) is 72.9 Å². The van der Waals surface area contributed by atoms with E-state index in [0.717, 1.165) is 31.2 Å². The molecule has 0 aliphatic carbocycles. The zero-order valence-electron chi connectivity index (χ0n) is 17.2. The number of carbonyl (C=O) groups is 1. The number of piperidine rings is 1. The Bertz CT molecular complexity index is 783. The molecule has 156 valence electrons. The summed E-state index contributed by atoms with van der Waals surface area (Å²) in [4.78, 5) is 14.6. The normalized spacial score (nSPS) is 25.0. The number of rotatable bonds is 5. The molecule has 0 spiro atoms. The highest BCUT2D eigenvalue weighted by Gasteiger charge is 2.44. The van der Waals surface area contributed by atoms with Gasteiger partial charge in [0.2, 0.25) is 0 Å². The molecule has 2 heterocycles. The minimum Gasteiger partial charge on any atom is -0.444 e. The van der Waals surface area contributed by atoms with Gasteiger partial charge in [0, 0.05) is 12.1 Å². The van der Waals surface area contributed by atoms with Gasteiger partial charge in [-0.1, -0.05) is 17.7 Å². The third kappa shape index (κ3) is 5.06. The molecule has 6 nitrogen and oxygen atoms in total. The van der Waals surface area contributed by atoms with Gasteiger partial charge in [0.15, 0.2) is 0 Å². The molecule has 2 fully saturated rings. The van der Waals surface area contributed by atoms with Crippen LogP contribution in [-0.2, 0) is 19.0 Å². The Hall–Kier alpha value is -1.60. The fourth-order valence-electron chi connectivity index (χ4n) is 4.24. The van der Waals surface area contributed by atoms with Crippen LogP contribution in [0.25, 0.3) is 0 Å². The molecular weight excluding hydrogens is 378 g/mol. The van der Waals surface area contributed by atoms with Gasteiger partial charge in [-0.25, -0.2) is 4.79 Å². The molecule has 2 aliphatic rings. The summed E-state index contributed by atoms with van der Waals surface area (Å²) in [5.41, 5.74) is 0.511. The third-order valence-electron chi connectivity index (χ3n) is 5.51. The first-order chi connectivity index (χ1) is 13.0. The second-order valence-corrected chi connectivity index (χ2v) is 10.6. The summed E-state index contributed by atoms with van der Waals surface area (Å²) < 4.78 is 35.4. The van der Waals surface area contributed by atoms with Gasteiger partial charge in [-0.2, -0.15) is 8.42 Å². The van der Waals surface area contributed by atoms with Gasteiger partial charge in [0.25, 0.3) is 10.1 Å². The lowest BCUT2D eigenvalue weighted by molar-refractivity contribution is 0.00106. The molecule has 0 aromatic heterocycles. The first kappa shape index (κ1) is 21.1. The number of carbonyl (C=O) groups excluding carboxylic acids is 1. The molecule has 2 unspecified atom stereocenters. The Morgan fingerprint density at radius 3 is 2.21 bits per heavy atom. The highest BCUT2D eigenvalue weighted by molar-refractivity contribution is 7.86. The van der Waals surface area contributed by atoms with E-state index in [9.17, 15) is 13.2 Å². The Balaban J connectivity index is 1.51. The molecule has 2 aliphatic heterocycles. The van der Waals surface area contributed by atoms with Crippen LogP contribution in [0, 0.1) is 12.8 Å². The Kier molecular flexibility index (Phi) is 6.05. The van der Waals surface area contributed by atoms with Crippen LogP contribution in [0.5, 0.6) is 0 Å². The molecule has 0 radical (unpaired) electrons. The van der Waals surface area contributed by atoms with Gasteiger partial charge in [0.05, 0.1) is 11.5 Å². The number of hydrogen-bond donors (Lipinski definition) is 0. The van der Waals surface area contributed by atoms with Crippen LogP contribution in [0.3, 0.4) is 0 Å².